The summed E-state index contributed by atoms with van der Waals surface area (Å²) in [4.78, 5) is 26.2. The van der Waals surface area contributed by atoms with Crippen molar-refractivity contribution in [2.24, 2.45) is 0 Å². The fourth-order valence-electron chi connectivity index (χ4n) is 1.94. The number of carbonyl (C=O) groups is 2. The van der Waals surface area contributed by atoms with Crippen LogP contribution in [0.25, 0.3) is 11.3 Å². The summed E-state index contributed by atoms with van der Waals surface area (Å²) in [7, 11) is 2.27. The van der Waals surface area contributed by atoms with Crippen LogP contribution in [0.2, 0.25) is 5.02 Å². The van der Waals surface area contributed by atoms with Crippen LogP contribution in [0, 0.1) is 11.6 Å². The lowest BCUT2D eigenvalue weighted by molar-refractivity contribution is 0.0594. The molecule has 0 aliphatic carbocycles. The Balaban J connectivity index is 2.74. The molecule has 1 aromatic carbocycles. The van der Waals surface area contributed by atoms with E-state index < -0.39 is 17.6 Å². The van der Waals surface area contributed by atoms with Gasteiger partial charge in [-0.1, -0.05) is 11.6 Å². The number of rotatable bonds is 4. The third kappa shape index (κ3) is 3.00. The maximum Gasteiger partial charge on any atom is 0.358 e. The van der Waals surface area contributed by atoms with Crippen LogP contribution >= 0.6 is 11.6 Å². The van der Waals surface area contributed by atoms with Crippen LogP contribution in [0.15, 0.2) is 18.2 Å². The lowest BCUT2D eigenvalue weighted by Gasteiger charge is -2.12. The van der Waals surface area contributed by atoms with Gasteiger partial charge < -0.3 is 9.47 Å². The van der Waals surface area contributed by atoms with E-state index in [4.69, 9.17) is 16.3 Å². The van der Waals surface area contributed by atoms with E-state index >= 15 is 0 Å². The zero-order valence-corrected chi connectivity index (χ0v) is 12.8. The largest absolute Gasteiger partial charge is 0.493 e. The molecule has 0 unspecified atom stereocenters. The second-order valence-electron chi connectivity index (χ2n) is 4.31. The van der Waals surface area contributed by atoms with Crippen molar-refractivity contribution < 1.29 is 27.8 Å². The van der Waals surface area contributed by atoms with Gasteiger partial charge in [0.25, 0.3) is 0 Å². The molecule has 0 N–H and O–H groups in total. The summed E-state index contributed by atoms with van der Waals surface area (Å²) >= 11 is 5.76. The van der Waals surface area contributed by atoms with Crippen LogP contribution < -0.4 is 4.74 Å². The van der Waals surface area contributed by atoms with Crippen molar-refractivity contribution in [3.05, 3.63) is 46.1 Å². The summed E-state index contributed by atoms with van der Waals surface area (Å²) in [6.45, 7) is 0. The van der Waals surface area contributed by atoms with E-state index in [9.17, 15) is 18.4 Å². The number of pyridine rings is 1. The number of methoxy groups -OCH3 is 2. The fourth-order valence-corrected chi connectivity index (χ4v) is 2.16. The van der Waals surface area contributed by atoms with Gasteiger partial charge >= 0.3 is 5.97 Å². The van der Waals surface area contributed by atoms with Crippen molar-refractivity contribution >= 4 is 23.9 Å². The molecule has 23 heavy (non-hydrogen) atoms. The number of ether oxygens (including phenoxy) is 2. The summed E-state index contributed by atoms with van der Waals surface area (Å²) < 4.78 is 37.7. The molecule has 2 aromatic rings. The SMILES string of the molecule is COC(=O)c1nc(-c2ccc(C=O)c(F)c2OC)c(F)cc1Cl. The molecular weight excluding hydrogens is 332 g/mol. The van der Waals surface area contributed by atoms with Crippen LogP contribution in [-0.2, 0) is 4.74 Å². The first kappa shape index (κ1) is 16.8. The molecule has 0 spiro atoms. The van der Waals surface area contributed by atoms with Gasteiger partial charge in [0, 0.05) is 5.56 Å². The van der Waals surface area contributed by atoms with Gasteiger partial charge in [0.2, 0.25) is 0 Å². The standard InChI is InChI=1S/C15H10ClF2NO4/c1-22-14-8(4-3-7(6-20)11(14)18)12-10(17)5-9(16)13(19-12)15(21)23-2/h3-6H,1-2H3. The molecule has 0 aliphatic heterocycles. The average molecular weight is 342 g/mol. The van der Waals surface area contributed by atoms with Gasteiger partial charge in [0.15, 0.2) is 29.4 Å². The maximum atomic E-state index is 14.2. The van der Waals surface area contributed by atoms with Gasteiger partial charge in [-0.2, -0.15) is 0 Å². The number of esters is 1. The van der Waals surface area contributed by atoms with Crippen LogP contribution in [0.1, 0.15) is 20.8 Å². The minimum atomic E-state index is -0.962. The van der Waals surface area contributed by atoms with Gasteiger partial charge in [0.1, 0.15) is 5.69 Å². The first-order valence-electron chi connectivity index (χ1n) is 6.21. The molecule has 0 atom stereocenters. The molecule has 8 heteroatoms. The number of hydrogen-bond acceptors (Lipinski definition) is 5. The Morgan fingerprint density at radius 1 is 1.30 bits per heavy atom. The van der Waals surface area contributed by atoms with Gasteiger partial charge in [-0.05, 0) is 18.2 Å². The average Bonchev–Trinajstić information content (AvgIpc) is 2.54. The van der Waals surface area contributed by atoms with Gasteiger partial charge in [-0.15, -0.1) is 0 Å². The molecule has 0 radical (unpaired) electrons. The first-order chi connectivity index (χ1) is 10.9. The molecule has 0 saturated carbocycles. The molecule has 1 heterocycles. The highest BCUT2D eigenvalue weighted by molar-refractivity contribution is 6.33. The summed E-state index contributed by atoms with van der Waals surface area (Å²) in [5.41, 5.74) is -1.02. The summed E-state index contributed by atoms with van der Waals surface area (Å²) in [6.07, 6.45) is 0.299. The van der Waals surface area contributed by atoms with E-state index in [0.29, 0.717) is 6.29 Å². The molecule has 0 fully saturated rings. The Hall–Kier alpha value is -2.54. The number of benzene rings is 1. The topological polar surface area (TPSA) is 65.5 Å². The van der Waals surface area contributed by atoms with Crippen molar-refractivity contribution in [1.29, 1.82) is 0 Å². The fraction of sp³-hybridized carbons (Fsp3) is 0.133. The number of carbonyl (C=O) groups excluding carboxylic acids is 2. The molecular formula is C15H10ClF2NO4. The van der Waals surface area contributed by atoms with Gasteiger partial charge in [-0.25, -0.2) is 18.6 Å². The molecule has 0 saturated heterocycles. The molecule has 0 bridgehead atoms. The van der Waals surface area contributed by atoms with E-state index in [1.807, 2.05) is 0 Å². The number of halogens is 3. The molecule has 2 rings (SSSR count). The second kappa shape index (κ2) is 6.70. The summed E-state index contributed by atoms with van der Waals surface area (Å²) in [5.74, 6) is -3.10. The Bertz CT molecular complexity index is 796. The third-order valence-electron chi connectivity index (χ3n) is 3.02. The van der Waals surface area contributed by atoms with Crippen LogP contribution in [-0.4, -0.2) is 31.5 Å². The van der Waals surface area contributed by atoms with Crippen LogP contribution in [0.4, 0.5) is 8.78 Å². The number of nitrogens with zero attached hydrogens (tertiary/aromatic N) is 1. The first-order valence-corrected chi connectivity index (χ1v) is 6.58. The summed E-state index contributed by atoms with van der Waals surface area (Å²) in [5, 5.41) is -0.248. The summed E-state index contributed by atoms with van der Waals surface area (Å²) in [6, 6.07) is 3.26. The third-order valence-corrected chi connectivity index (χ3v) is 3.31. The maximum absolute atomic E-state index is 14.2. The second-order valence-corrected chi connectivity index (χ2v) is 4.72. The van der Waals surface area contributed by atoms with Crippen molar-refractivity contribution in [3.8, 4) is 17.0 Å². The van der Waals surface area contributed by atoms with E-state index in [2.05, 4.69) is 9.72 Å². The minimum Gasteiger partial charge on any atom is -0.493 e. The van der Waals surface area contributed by atoms with Crippen molar-refractivity contribution in [2.75, 3.05) is 14.2 Å². The smallest absolute Gasteiger partial charge is 0.358 e. The Kier molecular flexibility index (Phi) is 4.90. The van der Waals surface area contributed by atoms with E-state index in [0.717, 1.165) is 26.4 Å². The Morgan fingerprint density at radius 2 is 2.00 bits per heavy atom. The molecule has 0 amide bonds. The van der Waals surface area contributed by atoms with Crippen LogP contribution in [0.5, 0.6) is 5.75 Å². The molecule has 0 aliphatic rings. The molecule has 5 nitrogen and oxygen atoms in total. The van der Waals surface area contributed by atoms with E-state index in [1.165, 1.54) is 6.07 Å². The normalized spacial score (nSPS) is 10.3. The number of aromatic nitrogens is 1. The van der Waals surface area contributed by atoms with Crippen LogP contribution in [0.3, 0.4) is 0 Å². The lowest BCUT2D eigenvalue weighted by Crippen LogP contribution is -2.08. The molecule has 120 valence electrons. The van der Waals surface area contributed by atoms with Crippen molar-refractivity contribution in [2.45, 2.75) is 0 Å². The zero-order valence-electron chi connectivity index (χ0n) is 12.0. The van der Waals surface area contributed by atoms with Crippen molar-refractivity contribution in [1.82, 2.24) is 4.98 Å². The number of hydrogen-bond donors (Lipinski definition) is 0. The lowest BCUT2D eigenvalue weighted by atomic mass is 10.1. The predicted octanol–water partition coefficient (Wildman–Crippen LogP) is 3.29. The highest BCUT2D eigenvalue weighted by atomic mass is 35.5. The Morgan fingerprint density at radius 3 is 2.57 bits per heavy atom. The quantitative estimate of drug-likeness (QED) is 0.630. The van der Waals surface area contributed by atoms with Gasteiger partial charge in [0.05, 0.1) is 24.8 Å². The highest BCUT2D eigenvalue weighted by Gasteiger charge is 2.23. The number of aldehydes is 1. The predicted molar refractivity (Wildman–Crippen MR) is 77.9 cm³/mol. The van der Waals surface area contributed by atoms with Crippen molar-refractivity contribution in [3.63, 3.8) is 0 Å². The monoisotopic (exact) mass is 341 g/mol. The minimum absolute atomic E-state index is 0.0741. The highest BCUT2D eigenvalue weighted by Crippen LogP contribution is 2.35. The zero-order chi connectivity index (χ0) is 17.1. The molecule has 1 aromatic heterocycles. The van der Waals surface area contributed by atoms with E-state index in [-0.39, 0.29) is 33.3 Å². The van der Waals surface area contributed by atoms with E-state index in [1.54, 1.807) is 0 Å². The Labute approximate surface area is 134 Å². The van der Waals surface area contributed by atoms with Gasteiger partial charge in [-0.3, -0.25) is 4.79 Å².